The van der Waals surface area contributed by atoms with E-state index in [-0.39, 0.29) is 16.9 Å². The number of hydrogen-bond acceptors (Lipinski definition) is 3. The van der Waals surface area contributed by atoms with Gasteiger partial charge in [-0.05, 0) is 10.8 Å². The maximum Gasteiger partial charge on any atom is 0.213 e. The average Bonchev–Trinajstić information content (AvgIpc) is 2.51. The minimum absolute atomic E-state index is 0.104. The van der Waals surface area contributed by atoms with E-state index in [1.807, 2.05) is 24.3 Å². The molecule has 0 radical (unpaired) electrons. The predicted molar refractivity (Wildman–Crippen MR) is 73.8 cm³/mol. The van der Waals surface area contributed by atoms with Gasteiger partial charge in [-0.3, -0.25) is 4.79 Å². The molecule has 0 bridgehead atoms. The zero-order valence-electron chi connectivity index (χ0n) is 9.55. The van der Waals surface area contributed by atoms with Crippen molar-refractivity contribution in [3.05, 3.63) is 58.8 Å². The van der Waals surface area contributed by atoms with Crippen LogP contribution in [0.1, 0.15) is 0 Å². The highest BCUT2D eigenvalue weighted by atomic mass is 16.3. The van der Waals surface area contributed by atoms with E-state index in [0.29, 0.717) is 10.8 Å². The van der Waals surface area contributed by atoms with Crippen molar-refractivity contribution in [1.82, 2.24) is 0 Å². The Hall–Kier alpha value is -2.55. The quantitative estimate of drug-likeness (QED) is 0.631. The summed E-state index contributed by atoms with van der Waals surface area (Å²) in [7, 11) is 0. The summed E-state index contributed by atoms with van der Waals surface area (Å²) in [4.78, 5) is 12.2. The second-order valence-electron chi connectivity index (χ2n) is 4.18. The van der Waals surface area contributed by atoms with Crippen LogP contribution in [-0.4, -0.2) is 5.11 Å². The Balaban J connectivity index is 2.81. The van der Waals surface area contributed by atoms with E-state index in [1.54, 1.807) is 24.3 Å². The lowest BCUT2D eigenvalue weighted by Crippen LogP contribution is -2.05. The van der Waals surface area contributed by atoms with E-state index in [2.05, 4.69) is 0 Å². The fourth-order valence-electron chi connectivity index (χ4n) is 2.24. The van der Waals surface area contributed by atoms with Gasteiger partial charge in [-0.2, -0.15) is 0 Å². The van der Waals surface area contributed by atoms with Crippen molar-refractivity contribution in [2.24, 2.45) is 0 Å². The molecule has 0 saturated carbocycles. The van der Waals surface area contributed by atoms with Gasteiger partial charge in [0.25, 0.3) is 0 Å². The molecule has 0 saturated heterocycles. The van der Waals surface area contributed by atoms with E-state index in [9.17, 15) is 9.90 Å². The summed E-state index contributed by atoms with van der Waals surface area (Å²) in [5.41, 5.74) is 5.29. The number of rotatable bonds is 0. The molecule has 3 N–H and O–H groups in total. The summed E-state index contributed by atoms with van der Waals surface area (Å²) >= 11 is 0. The molecule has 0 atom stereocenters. The topological polar surface area (TPSA) is 63.3 Å². The molecule has 0 fully saturated rings. The molecule has 0 spiro atoms. The van der Waals surface area contributed by atoms with Crippen LogP contribution in [0.4, 0.5) is 5.69 Å². The van der Waals surface area contributed by atoms with E-state index >= 15 is 0 Å². The molecule has 0 aliphatic carbocycles. The van der Waals surface area contributed by atoms with E-state index in [0.717, 1.165) is 10.8 Å². The summed E-state index contributed by atoms with van der Waals surface area (Å²) in [6.45, 7) is 0. The van der Waals surface area contributed by atoms with Crippen molar-refractivity contribution in [3.8, 4) is 5.75 Å². The summed E-state index contributed by atoms with van der Waals surface area (Å²) in [5, 5.41) is 12.8. The Bertz CT molecular complexity index is 825. The lowest BCUT2D eigenvalue weighted by atomic mass is 10.1. The van der Waals surface area contributed by atoms with Gasteiger partial charge >= 0.3 is 0 Å². The monoisotopic (exact) mass is 237 g/mol. The van der Waals surface area contributed by atoms with Crippen molar-refractivity contribution in [2.75, 3.05) is 5.73 Å². The third-order valence-corrected chi connectivity index (χ3v) is 3.14. The number of benzene rings is 2. The Labute approximate surface area is 103 Å². The first-order valence-electron chi connectivity index (χ1n) is 5.62. The van der Waals surface area contributed by atoms with Crippen molar-refractivity contribution >= 4 is 27.2 Å². The number of aromatic hydroxyl groups is 1. The molecular formula is C15H11NO2. The third-order valence-electron chi connectivity index (χ3n) is 3.14. The van der Waals surface area contributed by atoms with Gasteiger partial charge in [0, 0.05) is 10.8 Å². The fraction of sp³-hybridized carbons (Fsp3) is 0. The van der Waals surface area contributed by atoms with Crippen LogP contribution < -0.4 is 11.2 Å². The van der Waals surface area contributed by atoms with Crippen LogP contribution in [-0.2, 0) is 0 Å². The molecule has 3 heteroatoms. The minimum Gasteiger partial charge on any atom is -0.505 e. The second-order valence-corrected chi connectivity index (χ2v) is 4.18. The van der Waals surface area contributed by atoms with Crippen LogP contribution >= 0.6 is 0 Å². The molecule has 3 nitrogen and oxygen atoms in total. The van der Waals surface area contributed by atoms with Crippen LogP contribution in [0, 0.1) is 0 Å². The predicted octanol–water partition coefficient (Wildman–Crippen LogP) is 2.64. The summed E-state index contributed by atoms with van der Waals surface area (Å²) in [6.07, 6.45) is 0. The SMILES string of the molecule is Nc1c(O)c2ccccc2c2ccccc2c1=O. The van der Waals surface area contributed by atoms with Gasteiger partial charge in [0.1, 0.15) is 11.4 Å². The molecule has 0 aliphatic rings. The van der Waals surface area contributed by atoms with Crippen LogP contribution in [0.3, 0.4) is 0 Å². The van der Waals surface area contributed by atoms with Crippen molar-refractivity contribution in [1.29, 1.82) is 0 Å². The van der Waals surface area contributed by atoms with Crippen LogP contribution in [0.5, 0.6) is 5.75 Å². The van der Waals surface area contributed by atoms with Gasteiger partial charge in [-0.1, -0.05) is 48.5 Å². The Morgan fingerprint density at radius 2 is 1.22 bits per heavy atom. The van der Waals surface area contributed by atoms with Gasteiger partial charge < -0.3 is 10.8 Å². The van der Waals surface area contributed by atoms with Gasteiger partial charge in [-0.15, -0.1) is 0 Å². The van der Waals surface area contributed by atoms with Gasteiger partial charge in [0.2, 0.25) is 5.43 Å². The first-order chi connectivity index (χ1) is 8.70. The second kappa shape index (κ2) is 3.74. The fourth-order valence-corrected chi connectivity index (χ4v) is 2.24. The number of nitrogen functional groups attached to an aromatic ring is 1. The van der Waals surface area contributed by atoms with E-state index in [1.165, 1.54) is 0 Å². The first kappa shape index (κ1) is 10.6. The average molecular weight is 237 g/mol. The van der Waals surface area contributed by atoms with E-state index in [4.69, 9.17) is 5.73 Å². The summed E-state index contributed by atoms with van der Waals surface area (Å²) < 4.78 is 0. The molecule has 0 aliphatic heterocycles. The lowest BCUT2D eigenvalue weighted by Gasteiger charge is -1.97. The molecule has 18 heavy (non-hydrogen) atoms. The van der Waals surface area contributed by atoms with Crippen molar-refractivity contribution in [2.45, 2.75) is 0 Å². The highest BCUT2D eigenvalue weighted by Crippen LogP contribution is 2.31. The smallest absolute Gasteiger partial charge is 0.213 e. The van der Waals surface area contributed by atoms with Gasteiger partial charge in [0.05, 0.1) is 0 Å². The maximum absolute atomic E-state index is 12.2. The molecule has 0 heterocycles. The molecule has 88 valence electrons. The zero-order valence-corrected chi connectivity index (χ0v) is 9.55. The summed E-state index contributed by atoms with van der Waals surface area (Å²) in [5.74, 6) is -0.146. The maximum atomic E-state index is 12.2. The molecule has 0 unspecified atom stereocenters. The van der Waals surface area contributed by atoms with Crippen LogP contribution in [0.2, 0.25) is 0 Å². The molecule has 3 rings (SSSR count). The molecule has 3 aromatic carbocycles. The standard InChI is InChI=1S/C15H11NO2/c16-13-14(17)11-7-3-1-5-9(11)10-6-2-4-8-12(10)15(13)18/h1-8H,(H3,16,17,18). The minimum atomic E-state index is -0.334. The van der Waals surface area contributed by atoms with Crippen molar-refractivity contribution in [3.63, 3.8) is 0 Å². The Kier molecular flexibility index (Phi) is 2.20. The Morgan fingerprint density at radius 1 is 0.778 bits per heavy atom. The molecular weight excluding hydrogens is 226 g/mol. The molecule has 3 aromatic rings. The Morgan fingerprint density at radius 3 is 1.83 bits per heavy atom. The number of hydrogen-bond donors (Lipinski definition) is 2. The zero-order chi connectivity index (χ0) is 12.7. The highest BCUT2D eigenvalue weighted by Gasteiger charge is 2.10. The summed E-state index contributed by atoms with van der Waals surface area (Å²) in [6, 6.07) is 14.5. The van der Waals surface area contributed by atoms with Gasteiger partial charge in [-0.25, -0.2) is 0 Å². The largest absolute Gasteiger partial charge is 0.505 e. The third kappa shape index (κ3) is 1.34. The van der Waals surface area contributed by atoms with E-state index < -0.39 is 0 Å². The highest BCUT2D eigenvalue weighted by molar-refractivity contribution is 6.09. The number of fused-ring (bicyclic) bond motifs is 3. The number of nitrogens with two attached hydrogens (primary N) is 1. The number of anilines is 1. The molecule has 0 aromatic heterocycles. The first-order valence-corrected chi connectivity index (χ1v) is 5.62. The van der Waals surface area contributed by atoms with Gasteiger partial charge in [0.15, 0.2) is 0 Å². The lowest BCUT2D eigenvalue weighted by molar-refractivity contribution is 0.484. The van der Waals surface area contributed by atoms with Crippen LogP contribution in [0.25, 0.3) is 21.5 Å². The van der Waals surface area contributed by atoms with Crippen LogP contribution in [0.15, 0.2) is 53.3 Å². The normalized spacial score (nSPS) is 10.9. The van der Waals surface area contributed by atoms with Crippen molar-refractivity contribution < 1.29 is 5.11 Å². The molecule has 0 amide bonds.